The highest BCUT2D eigenvalue weighted by Gasteiger charge is 2.24. The Kier molecular flexibility index (Phi) is 4.07. The number of amides is 1. The monoisotopic (exact) mass is 250 g/mol. The second-order valence-electron chi connectivity index (χ2n) is 5.25. The van der Waals surface area contributed by atoms with Crippen LogP contribution in [0, 0.1) is 0 Å². The fourth-order valence-electron chi connectivity index (χ4n) is 2.24. The Hall–Kier alpha value is -1.29. The number of carbonyl (C=O) groups excluding carboxylic acids is 1. The second kappa shape index (κ2) is 5.57. The molecule has 0 saturated heterocycles. The molecule has 4 nitrogen and oxygen atoms in total. The van der Waals surface area contributed by atoms with Crippen LogP contribution in [-0.2, 0) is 0 Å². The zero-order chi connectivity index (χ0) is 13.1. The van der Waals surface area contributed by atoms with Crippen molar-refractivity contribution >= 4 is 5.91 Å². The lowest BCUT2D eigenvalue weighted by Gasteiger charge is -2.29. The predicted octanol–water partition coefficient (Wildman–Crippen LogP) is 2.06. The summed E-state index contributed by atoms with van der Waals surface area (Å²) < 4.78 is 2.10. The molecule has 1 unspecified atom stereocenters. The average molecular weight is 250 g/mol. The Morgan fingerprint density at radius 1 is 1.61 bits per heavy atom. The van der Waals surface area contributed by atoms with Gasteiger partial charge in [0.15, 0.2) is 0 Å². The summed E-state index contributed by atoms with van der Waals surface area (Å²) in [6.07, 6.45) is 5.86. The fraction of sp³-hybridized carbons (Fsp3) is 0.643. The minimum absolute atomic E-state index is 0.0487. The molecule has 1 heterocycles. The van der Waals surface area contributed by atoms with E-state index in [1.165, 1.54) is 19.3 Å². The van der Waals surface area contributed by atoms with Crippen molar-refractivity contribution in [2.75, 3.05) is 13.6 Å². The first-order valence-corrected chi connectivity index (χ1v) is 6.70. The third kappa shape index (κ3) is 2.75. The quantitative estimate of drug-likeness (QED) is 0.869. The van der Waals surface area contributed by atoms with Gasteiger partial charge in [-0.25, -0.2) is 0 Å². The van der Waals surface area contributed by atoms with Crippen molar-refractivity contribution in [1.29, 1.82) is 0 Å². The van der Waals surface area contributed by atoms with Crippen LogP contribution in [0.3, 0.4) is 0 Å². The molecule has 1 aliphatic rings. The maximum Gasteiger partial charge on any atom is 0.270 e. The molecule has 0 spiro atoms. The Labute approximate surface area is 108 Å². The molecule has 1 saturated carbocycles. The maximum atomic E-state index is 12.3. The number of carbonyl (C=O) groups is 1. The molecule has 4 heteroatoms. The average Bonchev–Trinajstić information content (AvgIpc) is 2.71. The van der Waals surface area contributed by atoms with Gasteiger partial charge in [0.05, 0.1) is 6.10 Å². The summed E-state index contributed by atoms with van der Waals surface area (Å²) in [6.45, 7) is 2.34. The molecule has 1 amide bonds. The van der Waals surface area contributed by atoms with Gasteiger partial charge in [0.2, 0.25) is 0 Å². The molecule has 0 bridgehead atoms. The maximum absolute atomic E-state index is 12.3. The molecule has 100 valence electrons. The Morgan fingerprint density at radius 2 is 2.33 bits per heavy atom. The molecular weight excluding hydrogens is 228 g/mol. The van der Waals surface area contributed by atoms with Crippen molar-refractivity contribution < 1.29 is 9.90 Å². The molecule has 18 heavy (non-hydrogen) atoms. The number of nitrogens with zero attached hydrogens (tertiary/aromatic N) is 2. The lowest BCUT2D eigenvalue weighted by molar-refractivity contribution is 0.0752. The first kappa shape index (κ1) is 13.1. The number of hydrogen-bond donors (Lipinski definition) is 1. The van der Waals surface area contributed by atoms with Crippen molar-refractivity contribution in [2.45, 2.75) is 44.8 Å². The van der Waals surface area contributed by atoms with Crippen molar-refractivity contribution in [3.63, 3.8) is 0 Å². The van der Waals surface area contributed by atoms with Gasteiger partial charge in [-0.2, -0.15) is 0 Å². The molecule has 2 rings (SSSR count). The normalized spacial score (nSPS) is 17.3. The van der Waals surface area contributed by atoms with E-state index in [2.05, 4.69) is 4.57 Å². The van der Waals surface area contributed by atoms with Gasteiger partial charge >= 0.3 is 0 Å². The van der Waals surface area contributed by atoms with Gasteiger partial charge in [0.1, 0.15) is 5.69 Å². The smallest absolute Gasteiger partial charge is 0.270 e. The van der Waals surface area contributed by atoms with E-state index in [4.69, 9.17) is 0 Å². The zero-order valence-corrected chi connectivity index (χ0v) is 11.2. The zero-order valence-electron chi connectivity index (χ0n) is 11.2. The van der Waals surface area contributed by atoms with E-state index < -0.39 is 0 Å². The van der Waals surface area contributed by atoms with Gasteiger partial charge in [-0.3, -0.25) is 4.79 Å². The van der Waals surface area contributed by atoms with Crippen LogP contribution < -0.4 is 0 Å². The van der Waals surface area contributed by atoms with Gasteiger partial charge in [-0.15, -0.1) is 0 Å². The summed E-state index contributed by atoms with van der Waals surface area (Å²) in [5.41, 5.74) is 0.771. The summed E-state index contributed by atoms with van der Waals surface area (Å²) >= 11 is 0. The standard InChI is InChI=1S/C14H22N2O2/c1-11(17)8-10-15(2)14(18)13-7-4-9-16(13)12-5-3-6-12/h4,7,9,11-12,17H,3,5-6,8,10H2,1-2H3. The van der Waals surface area contributed by atoms with E-state index in [1.807, 2.05) is 18.3 Å². The van der Waals surface area contributed by atoms with Crippen molar-refractivity contribution in [3.05, 3.63) is 24.0 Å². The first-order chi connectivity index (χ1) is 8.59. The van der Waals surface area contributed by atoms with E-state index in [0.717, 1.165) is 5.69 Å². The SMILES string of the molecule is CC(O)CCN(C)C(=O)c1cccn1C1CCC1. The van der Waals surface area contributed by atoms with Gasteiger partial charge in [0, 0.05) is 25.8 Å². The molecule has 0 aromatic carbocycles. The lowest BCUT2D eigenvalue weighted by Crippen LogP contribution is -2.32. The fourth-order valence-corrected chi connectivity index (χ4v) is 2.24. The van der Waals surface area contributed by atoms with Crippen LogP contribution in [0.2, 0.25) is 0 Å². The highest BCUT2D eigenvalue weighted by Crippen LogP contribution is 2.32. The number of rotatable bonds is 5. The number of aromatic nitrogens is 1. The summed E-state index contributed by atoms with van der Waals surface area (Å²) in [5, 5.41) is 9.26. The second-order valence-corrected chi connectivity index (χ2v) is 5.25. The first-order valence-electron chi connectivity index (χ1n) is 6.70. The Bertz CT molecular complexity index is 408. The predicted molar refractivity (Wildman–Crippen MR) is 70.6 cm³/mol. The van der Waals surface area contributed by atoms with Crippen molar-refractivity contribution in [3.8, 4) is 0 Å². The van der Waals surface area contributed by atoms with Crippen LogP contribution in [0.4, 0.5) is 0 Å². The van der Waals surface area contributed by atoms with E-state index in [-0.39, 0.29) is 12.0 Å². The third-order valence-corrected chi connectivity index (χ3v) is 3.70. The van der Waals surface area contributed by atoms with Crippen LogP contribution in [-0.4, -0.2) is 40.2 Å². The lowest BCUT2D eigenvalue weighted by atomic mass is 9.93. The molecule has 1 N–H and O–H groups in total. The van der Waals surface area contributed by atoms with Gasteiger partial charge in [-0.1, -0.05) is 0 Å². The topological polar surface area (TPSA) is 45.5 Å². The largest absolute Gasteiger partial charge is 0.393 e. The van der Waals surface area contributed by atoms with E-state index >= 15 is 0 Å². The van der Waals surface area contributed by atoms with Crippen molar-refractivity contribution in [2.24, 2.45) is 0 Å². The minimum atomic E-state index is -0.362. The van der Waals surface area contributed by atoms with Crippen LogP contribution in [0.1, 0.15) is 49.1 Å². The summed E-state index contributed by atoms with van der Waals surface area (Å²) in [7, 11) is 1.79. The van der Waals surface area contributed by atoms with Crippen LogP contribution in [0.25, 0.3) is 0 Å². The summed E-state index contributed by atoms with van der Waals surface area (Å²) in [5.74, 6) is 0.0487. The number of hydrogen-bond acceptors (Lipinski definition) is 2. The summed E-state index contributed by atoms with van der Waals surface area (Å²) in [6, 6.07) is 4.33. The van der Waals surface area contributed by atoms with Crippen molar-refractivity contribution in [1.82, 2.24) is 9.47 Å². The van der Waals surface area contributed by atoms with E-state index in [0.29, 0.717) is 19.0 Å². The molecule has 1 fully saturated rings. The van der Waals surface area contributed by atoms with Crippen LogP contribution in [0.15, 0.2) is 18.3 Å². The van der Waals surface area contributed by atoms with Crippen LogP contribution in [0.5, 0.6) is 0 Å². The Morgan fingerprint density at radius 3 is 2.89 bits per heavy atom. The summed E-state index contributed by atoms with van der Waals surface area (Å²) in [4.78, 5) is 14.0. The number of aliphatic hydroxyl groups excluding tert-OH is 1. The molecule has 1 atom stereocenters. The molecule has 0 aliphatic heterocycles. The molecule has 1 aliphatic carbocycles. The Balaban J connectivity index is 2.01. The van der Waals surface area contributed by atoms with Gasteiger partial charge in [0.25, 0.3) is 5.91 Å². The van der Waals surface area contributed by atoms with Gasteiger partial charge < -0.3 is 14.6 Å². The number of aliphatic hydroxyl groups is 1. The highest BCUT2D eigenvalue weighted by atomic mass is 16.3. The van der Waals surface area contributed by atoms with E-state index in [1.54, 1.807) is 18.9 Å². The van der Waals surface area contributed by atoms with Gasteiger partial charge in [-0.05, 0) is 44.7 Å². The molecule has 1 aromatic rings. The molecule has 0 radical (unpaired) electrons. The minimum Gasteiger partial charge on any atom is -0.393 e. The highest BCUT2D eigenvalue weighted by molar-refractivity contribution is 5.92. The molecular formula is C14H22N2O2. The molecule has 1 aromatic heterocycles. The van der Waals surface area contributed by atoms with Crippen LogP contribution >= 0.6 is 0 Å². The third-order valence-electron chi connectivity index (χ3n) is 3.70. The van der Waals surface area contributed by atoms with E-state index in [9.17, 15) is 9.90 Å².